The number of rotatable bonds is 8. The Morgan fingerprint density at radius 3 is 1.70 bits per heavy atom. The van der Waals surface area contributed by atoms with Gasteiger partial charge in [0, 0.05) is 23.5 Å². The Morgan fingerprint density at radius 2 is 1.15 bits per heavy atom. The van der Waals surface area contributed by atoms with Crippen LogP contribution in [0.5, 0.6) is 0 Å². The maximum atomic E-state index is 12.7. The molecule has 0 saturated heterocycles. The van der Waals surface area contributed by atoms with Gasteiger partial charge >= 0.3 is 0 Å². The number of nitrogens with zero attached hydrogens (tertiary/aromatic N) is 3. The van der Waals surface area contributed by atoms with Gasteiger partial charge in [-0.2, -0.15) is 0 Å². The van der Waals surface area contributed by atoms with Crippen LogP contribution in [0, 0.1) is 0 Å². The van der Waals surface area contributed by atoms with Crippen LogP contribution >= 0.6 is 0 Å². The van der Waals surface area contributed by atoms with Crippen molar-refractivity contribution in [3.63, 3.8) is 0 Å². The number of hydrogen-bond donors (Lipinski definition) is 0. The SMILES string of the molecule is O=C(C=Cc1ncccc1-c1cn(C(c2ccccc2)(c2ccccc2)c2ccccc2)cn1)c1ccccc1. The molecule has 0 amide bonds. The van der Waals surface area contributed by atoms with Gasteiger partial charge < -0.3 is 4.57 Å². The van der Waals surface area contributed by atoms with Crippen LogP contribution in [0.2, 0.25) is 0 Å². The second kappa shape index (κ2) is 11.2. The molecule has 0 spiro atoms. The van der Waals surface area contributed by atoms with Crippen LogP contribution in [0.25, 0.3) is 17.3 Å². The molecule has 192 valence electrons. The van der Waals surface area contributed by atoms with Gasteiger partial charge in [-0.05, 0) is 41.0 Å². The Bertz CT molecular complexity index is 1650. The first kappa shape index (κ1) is 25.0. The normalized spacial score (nSPS) is 11.5. The zero-order valence-corrected chi connectivity index (χ0v) is 21.8. The average Bonchev–Trinajstić information content (AvgIpc) is 3.53. The van der Waals surface area contributed by atoms with Crippen molar-refractivity contribution in [3.8, 4) is 11.3 Å². The van der Waals surface area contributed by atoms with Crippen LogP contribution in [0.4, 0.5) is 0 Å². The summed E-state index contributed by atoms with van der Waals surface area (Å²) < 4.78 is 2.18. The molecule has 0 unspecified atom stereocenters. The van der Waals surface area contributed by atoms with Crippen molar-refractivity contribution in [2.45, 2.75) is 5.54 Å². The first-order valence-electron chi connectivity index (χ1n) is 13.2. The summed E-state index contributed by atoms with van der Waals surface area (Å²) in [4.78, 5) is 22.2. The predicted molar refractivity (Wildman–Crippen MR) is 160 cm³/mol. The molecule has 2 heterocycles. The van der Waals surface area contributed by atoms with Gasteiger partial charge in [-0.3, -0.25) is 9.78 Å². The summed E-state index contributed by atoms with van der Waals surface area (Å²) in [6.07, 6.45) is 9.02. The number of hydrogen-bond acceptors (Lipinski definition) is 3. The first-order chi connectivity index (χ1) is 19.8. The highest BCUT2D eigenvalue weighted by molar-refractivity contribution is 6.07. The Kier molecular flexibility index (Phi) is 6.97. The summed E-state index contributed by atoms with van der Waals surface area (Å²) in [5, 5.41) is 0. The second-order valence-electron chi connectivity index (χ2n) is 9.47. The lowest BCUT2D eigenvalue weighted by Crippen LogP contribution is -2.36. The molecule has 0 radical (unpaired) electrons. The van der Waals surface area contributed by atoms with Gasteiger partial charge in [-0.1, -0.05) is 121 Å². The van der Waals surface area contributed by atoms with Crippen molar-refractivity contribution in [2.75, 3.05) is 0 Å². The fourth-order valence-electron chi connectivity index (χ4n) is 5.25. The predicted octanol–water partition coefficient (Wildman–Crippen LogP) is 7.68. The lowest BCUT2D eigenvalue weighted by atomic mass is 9.77. The third kappa shape index (κ3) is 4.67. The molecule has 40 heavy (non-hydrogen) atoms. The van der Waals surface area contributed by atoms with E-state index >= 15 is 0 Å². The molecule has 0 aliphatic carbocycles. The Morgan fingerprint density at radius 1 is 0.625 bits per heavy atom. The standard InChI is InChI=1S/C36H27N3O/c40-35(28-14-5-1-6-15-28)24-23-33-32(22-13-25-37-33)34-26-39(27-38-34)36(29-16-7-2-8-17-29,30-18-9-3-10-19-30)31-20-11-4-12-21-31/h1-27H. The summed E-state index contributed by atoms with van der Waals surface area (Å²) in [6, 6.07) is 44.6. The van der Waals surface area contributed by atoms with Crippen molar-refractivity contribution < 1.29 is 4.79 Å². The van der Waals surface area contributed by atoms with E-state index in [1.165, 1.54) is 0 Å². The minimum atomic E-state index is -0.656. The summed E-state index contributed by atoms with van der Waals surface area (Å²) in [5.41, 5.74) is 5.65. The van der Waals surface area contributed by atoms with Crippen molar-refractivity contribution >= 4 is 11.9 Å². The van der Waals surface area contributed by atoms with Crippen LogP contribution in [0.1, 0.15) is 32.7 Å². The quantitative estimate of drug-likeness (QED) is 0.118. The van der Waals surface area contributed by atoms with Crippen molar-refractivity contribution in [1.29, 1.82) is 0 Å². The van der Waals surface area contributed by atoms with Crippen LogP contribution in [0.15, 0.2) is 158 Å². The topological polar surface area (TPSA) is 47.8 Å². The van der Waals surface area contributed by atoms with E-state index in [4.69, 9.17) is 4.98 Å². The fourth-order valence-corrected chi connectivity index (χ4v) is 5.25. The number of imidazole rings is 1. The Labute approximate surface area is 234 Å². The molecule has 0 aliphatic heterocycles. The van der Waals surface area contributed by atoms with E-state index in [-0.39, 0.29) is 5.78 Å². The summed E-state index contributed by atoms with van der Waals surface area (Å²) in [5.74, 6) is -0.0704. The van der Waals surface area contributed by atoms with Gasteiger partial charge in [0.25, 0.3) is 0 Å². The van der Waals surface area contributed by atoms with E-state index in [0.717, 1.165) is 27.9 Å². The molecule has 0 fully saturated rings. The van der Waals surface area contributed by atoms with E-state index in [1.807, 2.05) is 67.0 Å². The van der Waals surface area contributed by atoms with Crippen molar-refractivity contribution in [2.24, 2.45) is 0 Å². The summed E-state index contributed by atoms with van der Waals surface area (Å²) >= 11 is 0. The molecule has 0 saturated carbocycles. The number of carbonyl (C=O) groups excluding carboxylic acids is 1. The number of carbonyl (C=O) groups is 1. The Balaban J connectivity index is 1.49. The molecule has 2 aromatic heterocycles. The first-order valence-corrected chi connectivity index (χ1v) is 13.2. The van der Waals surface area contributed by atoms with E-state index in [1.54, 1.807) is 18.3 Å². The summed E-state index contributed by atoms with van der Waals surface area (Å²) in [6.45, 7) is 0. The van der Waals surface area contributed by atoms with Crippen LogP contribution in [-0.2, 0) is 5.54 Å². The monoisotopic (exact) mass is 517 g/mol. The van der Waals surface area contributed by atoms with E-state index in [2.05, 4.69) is 88.5 Å². The molecule has 0 bridgehead atoms. The average molecular weight is 518 g/mol. The molecule has 4 nitrogen and oxygen atoms in total. The summed E-state index contributed by atoms with van der Waals surface area (Å²) in [7, 11) is 0. The highest BCUT2D eigenvalue weighted by atomic mass is 16.1. The van der Waals surface area contributed by atoms with Crippen molar-refractivity contribution in [3.05, 3.63) is 186 Å². The smallest absolute Gasteiger partial charge is 0.185 e. The van der Waals surface area contributed by atoms with Crippen molar-refractivity contribution in [1.82, 2.24) is 14.5 Å². The maximum absolute atomic E-state index is 12.7. The lowest BCUT2D eigenvalue weighted by Gasteiger charge is -2.37. The number of aromatic nitrogens is 3. The van der Waals surface area contributed by atoms with E-state index in [9.17, 15) is 4.79 Å². The van der Waals surface area contributed by atoms with Crippen LogP contribution < -0.4 is 0 Å². The minimum Gasteiger partial charge on any atom is -0.318 e. The van der Waals surface area contributed by atoms with E-state index < -0.39 is 5.54 Å². The van der Waals surface area contributed by atoms with Gasteiger partial charge in [0.05, 0.1) is 17.7 Å². The molecule has 0 N–H and O–H groups in total. The Hall–Kier alpha value is -5.35. The molecular weight excluding hydrogens is 490 g/mol. The highest BCUT2D eigenvalue weighted by Gasteiger charge is 2.38. The van der Waals surface area contributed by atoms with E-state index in [0.29, 0.717) is 11.3 Å². The molecule has 6 rings (SSSR count). The molecule has 4 aromatic carbocycles. The second-order valence-corrected chi connectivity index (χ2v) is 9.47. The molecular formula is C36H27N3O. The number of allylic oxidation sites excluding steroid dienone is 1. The van der Waals surface area contributed by atoms with Gasteiger partial charge in [0.2, 0.25) is 0 Å². The maximum Gasteiger partial charge on any atom is 0.185 e. The van der Waals surface area contributed by atoms with Gasteiger partial charge in [-0.15, -0.1) is 0 Å². The number of pyridine rings is 1. The van der Waals surface area contributed by atoms with Gasteiger partial charge in [0.1, 0.15) is 5.54 Å². The molecule has 0 aliphatic rings. The van der Waals surface area contributed by atoms with Gasteiger partial charge in [0.15, 0.2) is 5.78 Å². The molecule has 6 aromatic rings. The third-order valence-electron chi connectivity index (χ3n) is 7.11. The highest BCUT2D eigenvalue weighted by Crippen LogP contribution is 2.41. The zero-order valence-electron chi connectivity index (χ0n) is 21.8. The van der Waals surface area contributed by atoms with Crippen LogP contribution in [0.3, 0.4) is 0 Å². The van der Waals surface area contributed by atoms with Crippen LogP contribution in [-0.4, -0.2) is 20.3 Å². The number of benzene rings is 4. The molecule has 0 atom stereocenters. The third-order valence-corrected chi connectivity index (χ3v) is 7.11. The largest absolute Gasteiger partial charge is 0.318 e. The fraction of sp³-hybridized carbons (Fsp3) is 0.0278. The molecule has 4 heteroatoms. The van der Waals surface area contributed by atoms with Gasteiger partial charge in [-0.25, -0.2) is 4.98 Å². The zero-order chi connectivity index (χ0) is 27.2. The minimum absolute atomic E-state index is 0.0704. The lowest BCUT2D eigenvalue weighted by molar-refractivity contribution is 0.104. The number of ketones is 1.